The van der Waals surface area contributed by atoms with Gasteiger partial charge in [-0.1, -0.05) is 0 Å². The molecule has 0 aliphatic carbocycles. The summed E-state index contributed by atoms with van der Waals surface area (Å²) in [5.41, 5.74) is -0.449. The Labute approximate surface area is 110 Å². The lowest BCUT2D eigenvalue weighted by Gasteiger charge is -2.20. The monoisotopic (exact) mass is 258 g/mol. The van der Waals surface area contributed by atoms with Crippen LogP contribution in [0.1, 0.15) is 27.2 Å². The lowest BCUT2D eigenvalue weighted by Crippen LogP contribution is -2.38. The molecule has 0 rings (SSSR count). The molecule has 0 unspecified atom stereocenters. The maximum absolute atomic E-state index is 11.3. The van der Waals surface area contributed by atoms with Gasteiger partial charge in [0.25, 0.3) is 0 Å². The van der Waals surface area contributed by atoms with Gasteiger partial charge in [-0.15, -0.1) is 0 Å². The summed E-state index contributed by atoms with van der Waals surface area (Å²) in [4.78, 5) is 17.3. The summed E-state index contributed by atoms with van der Waals surface area (Å²) in [5.74, 6) is 0.826. The number of carbonyl (C=O) groups excluding carboxylic acids is 1. The number of carbonyl (C=O) groups is 1. The third-order valence-corrected chi connectivity index (χ3v) is 1.94. The summed E-state index contributed by atoms with van der Waals surface area (Å²) in [6.45, 7) is 6.85. The standard InChI is InChI=1S/C12H26N4O2/c1-12(2,3)18-11(17)15-9-7-8-14-10(13-4)16(5)6/h7-9H2,1-6H3,(H,13,14)(H,15,17). The van der Waals surface area contributed by atoms with Crippen LogP contribution in [0.25, 0.3) is 0 Å². The third kappa shape index (κ3) is 8.66. The molecule has 0 saturated carbocycles. The third-order valence-electron chi connectivity index (χ3n) is 1.94. The molecule has 0 spiro atoms. The van der Waals surface area contributed by atoms with Gasteiger partial charge in [0.1, 0.15) is 5.60 Å². The number of guanidine groups is 1. The second kappa shape index (κ2) is 7.79. The number of amides is 1. The van der Waals surface area contributed by atoms with Crippen LogP contribution in [-0.2, 0) is 4.74 Å². The fourth-order valence-corrected chi connectivity index (χ4v) is 1.23. The molecular weight excluding hydrogens is 232 g/mol. The van der Waals surface area contributed by atoms with Crippen LogP contribution in [0.15, 0.2) is 4.99 Å². The van der Waals surface area contributed by atoms with Gasteiger partial charge in [-0.05, 0) is 27.2 Å². The van der Waals surface area contributed by atoms with Crippen molar-refractivity contribution in [3.63, 3.8) is 0 Å². The van der Waals surface area contributed by atoms with Gasteiger partial charge < -0.3 is 20.3 Å². The van der Waals surface area contributed by atoms with Crippen LogP contribution in [0.4, 0.5) is 4.79 Å². The van der Waals surface area contributed by atoms with Gasteiger partial charge in [0, 0.05) is 34.2 Å². The van der Waals surface area contributed by atoms with Crippen molar-refractivity contribution >= 4 is 12.1 Å². The number of nitrogens with one attached hydrogen (secondary N) is 2. The molecule has 0 atom stereocenters. The lowest BCUT2D eigenvalue weighted by molar-refractivity contribution is 0.0527. The van der Waals surface area contributed by atoms with Crippen molar-refractivity contribution in [1.82, 2.24) is 15.5 Å². The minimum atomic E-state index is -0.449. The Kier molecular flexibility index (Phi) is 7.16. The summed E-state index contributed by atoms with van der Waals surface area (Å²) in [6, 6.07) is 0. The first kappa shape index (κ1) is 16.5. The number of hydrogen-bond donors (Lipinski definition) is 2. The van der Waals surface area contributed by atoms with E-state index < -0.39 is 5.60 Å². The smallest absolute Gasteiger partial charge is 0.407 e. The summed E-state index contributed by atoms with van der Waals surface area (Å²) >= 11 is 0. The summed E-state index contributed by atoms with van der Waals surface area (Å²) in [7, 11) is 5.59. The van der Waals surface area contributed by atoms with E-state index in [9.17, 15) is 4.79 Å². The van der Waals surface area contributed by atoms with Gasteiger partial charge in [-0.25, -0.2) is 4.79 Å². The second-order valence-electron chi connectivity index (χ2n) is 5.15. The largest absolute Gasteiger partial charge is 0.444 e. The number of rotatable bonds is 4. The van der Waals surface area contributed by atoms with Crippen molar-refractivity contribution in [2.24, 2.45) is 4.99 Å². The highest BCUT2D eigenvalue weighted by Gasteiger charge is 2.15. The van der Waals surface area contributed by atoms with E-state index in [0.29, 0.717) is 6.54 Å². The Bertz CT molecular complexity index is 282. The van der Waals surface area contributed by atoms with Crippen molar-refractivity contribution in [3.05, 3.63) is 0 Å². The van der Waals surface area contributed by atoms with E-state index in [1.807, 2.05) is 39.8 Å². The van der Waals surface area contributed by atoms with Gasteiger partial charge in [-0.2, -0.15) is 0 Å². The maximum Gasteiger partial charge on any atom is 0.407 e. The van der Waals surface area contributed by atoms with Crippen molar-refractivity contribution in [3.8, 4) is 0 Å². The molecule has 106 valence electrons. The minimum absolute atomic E-state index is 0.375. The lowest BCUT2D eigenvalue weighted by atomic mass is 10.2. The molecule has 2 N–H and O–H groups in total. The zero-order valence-corrected chi connectivity index (χ0v) is 12.3. The SMILES string of the molecule is CN=C(NCCCNC(=O)OC(C)(C)C)N(C)C. The Morgan fingerprint density at radius 2 is 1.78 bits per heavy atom. The highest BCUT2D eigenvalue weighted by molar-refractivity contribution is 5.79. The zero-order valence-electron chi connectivity index (χ0n) is 12.3. The number of aliphatic imine (C=N–C) groups is 1. The minimum Gasteiger partial charge on any atom is -0.444 e. The topological polar surface area (TPSA) is 66.0 Å². The van der Waals surface area contributed by atoms with Crippen molar-refractivity contribution in [2.45, 2.75) is 32.8 Å². The average molecular weight is 258 g/mol. The zero-order chi connectivity index (χ0) is 14.2. The van der Waals surface area contributed by atoms with E-state index in [1.54, 1.807) is 7.05 Å². The van der Waals surface area contributed by atoms with Crippen LogP contribution in [-0.4, -0.2) is 56.8 Å². The van der Waals surface area contributed by atoms with Crippen LogP contribution in [0.3, 0.4) is 0 Å². The molecule has 1 amide bonds. The van der Waals surface area contributed by atoms with Crippen LogP contribution in [0.2, 0.25) is 0 Å². The van der Waals surface area contributed by atoms with Crippen molar-refractivity contribution in [1.29, 1.82) is 0 Å². The molecular formula is C12H26N4O2. The van der Waals surface area contributed by atoms with E-state index in [0.717, 1.165) is 18.9 Å². The molecule has 0 heterocycles. The van der Waals surface area contributed by atoms with Crippen LogP contribution >= 0.6 is 0 Å². The quantitative estimate of drug-likeness (QED) is 0.449. The first-order chi connectivity index (χ1) is 8.26. The molecule has 0 fully saturated rings. The molecule has 0 aromatic heterocycles. The number of nitrogens with zero attached hydrogens (tertiary/aromatic N) is 2. The second-order valence-corrected chi connectivity index (χ2v) is 5.15. The Morgan fingerprint density at radius 3 is 2.22 bits per heavy atom. The molecule has 0 aromatic carbocycles. The predicted octanol–water partition coefficient (Wildman–Crippen LogP) is 1.04. The highest BCUT2D eigenvalue weighted by atomic mass is 16.6. The molecule has 0 aliphatic heterocycles. The first-order valence-corrected chi connectivity index (χ1v) is 6.11. The summed E-state index contributed by atoms with van der Waals surface area (Å²) < 4.78 is 5.12. The Morgan fingerprint density at radius 1 is 1.22 bits per heavy atom. The molecule has 18 heavy (non-hydrogen) atoms. The molecule has 0 aliphatic rings. The number of ether oxygens (including phenoxy) is 1. The highest BCUT2D eigenvalue weighted by Crippen LogP contribution is 2.06. The van der Waals surface area contributed by atoms with Crippen LogP contribution in [0, 0.1) is 0 Å². The summed E-state index contributed by atoms with van der Waals surface area (Å²) in [6.07, 6.45) is 0.436. The number of hydrogen-bond acceptors (Lipinski definition) is 3. The van der Waals surface area contributed by atoms with Crippen LogP contribution in [0.5, 0.6) is 0 Å². The molecule has 0 bridgehead atoms. The van der Waals surface area contributed by atoms with Gasteiger partial charge in [0.15, 0.2) is 5.96 Å². The molecule has 0 aromatic rings. The van der Waals surface area contributed by atoms with Gasteiger partial charge >= 0.3 is 6.09 Å². The normalized spacial score (nSPS) is 12.0. The molecule has 6 heteroatoms. The molecule has 0 saturated heterocycles. The molecule has 6 nitrogen and oxygen atoms in total. The first-order valence-electron chi connectivity index (χ1n) is 6.11. The van der Waals surface area contributed by atoms with Gasteiger partial charge in [0.2, 0.25) is 0 Å². The average Bonchev–Trinajstić information content (AvgIpc) is 2.20. The van der Waals surface area contributed by atoms with Gasteiger partial charge in [-0.3, -0.25) is 4.99 Å². The fourth-order valence-electron chi connectivity index (χ4n) is 1.23. The predicted molar refractivity (Wildman–Crippen MR) is 73.9 cm³/mol. The fraction of sp³-hybridized carbons (Fsp3) is 0.833. The van der Waals surface area contributed by atoms with E-state index in [4.69, 9.17) is 4.74 Å². The van der Waals surface area contributed by atoms with E-state index in [-0.39, 0.29) is 6.09 Å². The molecule has 0 radical (unpaired) electrons. The van der Waals surface area contributed by atoms with Crippen molar-refractivity contribution in [2.75, 3.05) is 34.2 Å². The van der Waals surface area contributed by atoms with E-state index in [2.05, 4.69) is 15.6 Å². The Hall–Kier alpha value is -1.46. The van der Waals surface area contributed by atoms with Crippen molar-refractivity contribution < 1.29 is 9.53 Å². The summed E-state index contributed by atoms with van der Waals surface area (Å²) in [5, 5.41) is 5.88. The van der Waals surface area contributed by atoms with Crippen LogP contribution < -0.4 is 10.6 Å². The number of alkyl carbamates (subject to hydrolysis) is 1. The maximum atomic E-state index is 11.3. The van der Waals surface area contributed by atoms with E-state index >= 15 is 0 Å². The van der Waals surface area contributed by atoms with Gasteiger partial charge in [0.05, 0.1) is 0 Å². The van der Waals surface area contributed by atoms with E-state index in [1.165, 1.54) is 0 Å². The Balaban J connectivity index is 3.66.